The molecule has 40 heavy (non-hydrogen) atoms. The Labute approximate surface area is 233 Å². The van der Waals surface area contributed by atoms with E-state index in [9.17, 15) is 24.8 Å². The summed E-state index contributed by atoms with van der Waals surface area (Å²) in [7, 11) is -0.438. The predicted molar refractivity (Wildman–Crippen MR) is 149 cm³/mol. The van der Waals surface area contributed by atoms with Crippen LogP contribution in [0.4, 0.5) is 0 Å². The minimum atomic E-state index is -1.38. The SMILES string of the molecule is N#CC(C(=O)C[C@@H](C(=O)O)N1Cc2cc3c(cc2C1=O)OC(c1ccccc1)(c1ccccc1)O3)=S1CCCC1. The number of carboxylic acid groups (broad SMARTS) is 1. The van der Waals surface area contributed by atoms with Crippen LogP contribution in [0.25, 0.3) is 0 Å². The highest BCUT2D eigenvalue weighted by molar-refractivity contribution is 8.17. The highest BCUT2D eigenvalue weighted by Gasteiger charge is 2.47. The summed E-state index contributed by atoms with van der Waals surface area (Å²) in [6.45, 7) is 0.00628. The molecule has 3 aliphatic rings. The van der Waals surface area contributed by atoms with Crippen molar-refractivity contribution in [3.05, 3.63) is 95.1 Å². The monoisotopic (exact) mass is 554 g/mol. The van der Waals surface area contributed by atoms with Gasteiger partial charge in [-0.15, -0.1) is 0 Å². The van der Waals surface area contributed by atoms with E-state index in [4.69, 9.17) is 9.47 Å². The van der Waals surface area contributed by atoms with Crippen molar-refractivity contribution in [1.82, 2.24) is 4.90 Å². The molecule has 0 unspecified atom stereocenters. The zero-order chi connectivity index (χ0) is 27.9. The summed E-state index contributed by atoms with van der Waals surface area (Å²) < 4.78 is 12.9. The molecule has 0 spiro atoms. The lowest BCUT2D eigenvalue weighted by atomic mass is 9.97. The summed E-state index contributed by atoms with van der Waals surface area (Å²) in [5, 5.41) is 19.6. The first-order chi connectivity index (χ1) is 19.4. The number of nitrogens with zero attached hydrogens (tertiary/aromatic N) is 2. The van der Waals surface area contributed by atoms with E-state index >= 15 is 0 Å². The molecule has 1 atom stereocenters. The Kier molecular flexibility index (Phi) is 6.64. The van der Waals surface area contributed by atoms with Crippen LogP contribution < -0.4 is 9.47 Å². The number of fused-ring (bicyclic) bond motifs is 2. The lowest BCUT2D eigenvalue weighted by molar-refractivity contribution is -0.143. The molecule has 0 aliphatic carbocycles. The second-order valence-electron chi connectivity index (χ2n) is 9.97. The van der Waals surface area contributed by atoms with Gasteiger partial charge in [0, 0.05) is 29.7 Å². The molecule has 0 bridgehead atoms. The molecule has 8 nitrogen and oxygen atoms in total. The lowest BCUT2D eigenvalue weighted by Gasteiger charge is -2.28. The third-order valence-corrected chi connectivity index (χ3v) is 9.99. The van der Waals surface area contributed by atoms with E-state index in [0.29, 0.717) is 22.6 Å². The highest BCUT2D eigenvalue weighted by Crippen LogP contribution is 2.49. The molecule has 0 aromatic heterocycles. The van der Waals surface area contributed by atoms with Gasteiger partial charge >= 0.3 is 11.8 Å². The maximum absolute atomic E-state index is 13.5. The molecule has 1 amide bonds. The van der Waals surface area contributed by atoms with Crippen molar-refractivity contribution in [2.24, 2.45) is 0 Å². The lowest BCUT2D eigenvalue weighted by Crippen LogP contribution is -2.43. The van der Waals surface area contributed by atoms with E-state index in [-0.39, 0.29) is 11.4 Å². The van der Waals surface area contributed by atoms with Crippen LogP contribution in [0, 0.1) is 11.3 Å². The van der Waals surface area contributed by atoms with Gasteiger partial charge in [-0.05, 0) is 42.0 Å². The van der Waals surface area contributed by atoms with Crippen LogP contribution in [0.2, 0.25) is 0 Å². The number of ketones is 1. The molecule has 1 saturated heterocycles. The van der Waals surface area contributed by atoms with Gasteiger partial charge in [0.1, 0.15) is 17.0 Å². The number of carboxylic acids is 1. The number of aliphatic carboxylic acids is 1. The Morgan fingerprint density at radius 2 is 1.55 bits per heavy atom. The number of Topliss-reactive ketones (excluding diaryl/α,β-unsaturated/α-hetero) is 1. The third kappa shape index (κ3) is 4.34. The largest absolute Gasteiger partial charge is 0.480 e. The van der Waals surface area contributed by atoms with Crippen molar-refractivity contribution in [2.45, 2.75) is 37.6 Å². The molecular weight excluding hydrogens is 528 g/mol. The van der Waals surface area contributed by atoms with Crippen molar-refractivity contribution in [3.63, 3.8) is 0 Å². The number of benzene rings is 3. The normalized spacial score (nSPS) is 17.8. The van der Waals surface area contributed by atoms with Gasteiger partial charge in [0.2, 0.25) is 0 Å². The third-order valence-electron chi connectivity index (χ3n) is 7.53. The summed E-state index contributed by atoms with van der Waals surface area (Å²) >= 11 is 0. The first-order valence-corrected chi connectivity index (χ1v) is 14.6. The van der Waals surface area contributed by atoms with Gasteiger partial charge in [0.05, 0.1) is 0 Å². The van der Waals surface area contributed by atoms with Crippen LogP contribution in [-0.2, 0) is 21.9 Å². The van der Waals surface area contributed by atoms with Crippen LogP contribution >= 0.6 is 10.5 Å². The van der Waals surface area contributed by atoms with E-state index in [1.807, 2.05) is 66.7 Å². The molecule has 202 valence electrons. The molecular formula is C31H26N2O6S. The number of amides is 1. The molecule has 1 fully saturated rings. The number of carbonyl (C=O) groups excluding carboxylic acids is 2. The molecule has 3 heterocycles. The second kappa shape index (κ2) is 10.3. The molecule has 0 radical (unpaired) electrons. The van der Waals surface area contributed by atoms with Crippen molar-refractivity contribution < 1.29 is 29.0 Å². The average Bonchev–Trinajstić information content (AvgIpc) is 3.70. The number of hydrogen-bond donors (Lipinski definition) is 1. The van der Waals surface area contributed by atoms with Gasteiger partial charge in [-0.2, -0.15) is 15.7 Å². The highest BCUT2D eigenvalue weighted by atomic mass is 32.2. The zero-order valence-corrected chi connectivity index (χ0v) is 22.4. The smallest absolute Gasteiger partial charge is 0.326 e. The summed E-state index contributed by atoms with van der Waals surface area (Å²) in [5.74, 6) is -1.16. The Hall–Kier alpha value is -4.42. The average molecular weight is 555 g/mol. The molecule has 1 N–H and O–H groups in total. The standard InChI is InChI=1S/C31H26N2O6S/c32-18-28(40-13-7-8-14-40)25(34)17-24(30(36)37)33-19-20-15-26-27(16-23(20)29(33)35)39-31(38-26,21-9-3-1-4-10-21)22-11-5-2-6-12-22/h1-6,9-12,15-16,24H,7-8,13-14,17,19H2,(H,36,37)/t24-/m0/s1. The summed E-state index contributed by atoms with van der Waals surface area (Å²) in [5.41, 5.74) is 2.45. The van der Waals surface area contributed by atoms with E-state index < -0.39 is 46.4 Å². The first kappa shape index (κ1) is 25.8. The number of hydrogen-bond acceptors (Lipinski definition) is 6. The van der Waals surface area contributed by atoms with Gasteiger partial charge in [-0.3, -0.25) is 9.59 Å². The summed E-state index contributed by atoms with van der Waals surface area (Å²) in [4.78, 5) is 40.1. The van der Waals surface area contributed by atoms with Gasteiger partial charge in [0.25, 0.3) is 5.91 Å². The van der Waals surface area contributed by atoms with Crippen LogP contribution in [0.3, 0.4) is 0 Å². The second-order valence-corrected chi connectivity index (χ2v) is 12.2. The van der Waals surface area contributed by atoms with Gasteiger partial charge in [-0.1, -0.05) is 60.7 Å². The van der Waals surface area contributed by atoms with E-state index in [1.165, 1.54) is 4.90 Å². The van der Waals surface area contributed by atoms with Crippen molar-refractivity contribution in [1.29, 1.82) is 5.26 Å². The summed E-state index contributed by atoms with van der Waals surface area (Å²) in [6, 6.07) is 23.0. The molecule has 3 aromatic carbocycles. The van der Waals surface area contributed by atoms with E-state index in [2.05, 4.69) is 0 Å². The van der Waals surface area contributed by atoms with Crippen LogP contribution in [-0.4, -0.2) is 50.1 Å². The fourth-order valence-electron chi connectivity index (χ4n) is 5.55. The maximum atomic E-state index is 13.5. The number of rotatable bonds is 7. The molecule has 3 aliphatic heterocycles. The first-order valence-electron chi connectivity index (χ1n) is 13.1. The quantitative estimate of drug-likeness (QED) is 0.428. The molecule has 6 rings (SSSR count). The fourth-order valence-corrected chi connectivity index (χ4v) is 7.80. The topological polar surface area (TPSA) is 117 Å². The number of carbonyl (C=O) groups is 3. The Morgan fingerprint density at radius 3 is 2.10 bits per heavy atom. The fraction of sp³-hybridized carbons (Fsp3) is 0.258. The molecule has 3 aromatic rings. The van der Waals surface area contributed by atoms with Crippen molar-refractivity contribution >= 4 is 33.0 Å². The van der Waals surface area contributed by atoms with Crippen molar-refractivity contribution in [3.8, 4) is 17.6 Å². The maximum Gasteiger partial charge on any atom is 0.326 e. The van der Waals surface area contributed by atoms with E-state index in [0.717, 1.165) is 35.5 Å². The predicted octanol–water partition coefficient (Wildman–Crippen LogP) is 4.49. The Bertz CT molecular complexity index is 1550. The summed E-state index contributed by atoms with van der Waals surface area (Å²) in [6.07, 6.45) is 1.47. The Morgan fingerprint density at radius 1 is 0.975 bits per heavy atom. The minimum absolute atomic E-state index is 0.00628. The van der Waals surface area contributed by atoms with Crippen molar-refractivity contribution in [2.75, 3.05) is 11.5 Å². The van der Waals surface area contributed by atoms with Crippen LogP contribution in [0.1, 0.15) is 46.3 Å². The van der Waals surface area contributed by atoms with Gasteiger partial charge in [0.15, 0.2) is 17.3 Å². The number of nitriles is 1. The van der Waals surface area contributed by atoms with Gasteiger partial charge in [-0.25, -0.2) is 4.79 Å². The number of ether oxygens (including phenoxy) is 2. The van der Waals surface area contributed by atoms with E-state index in [1.54, 1.807) is 12.1 Å². The Balaban J connectivity index is 1.29. The van der Waals surface area contributed by atoms with Crippen LogP contribution in [0.5, 0.6) is 11.5 Å². The minimum Gasteiger partial charge on any atom is -0.480 e. The molecule has 9 heteroatoms. The zero-order valence-electron chi connectivity index (χ0n) is 21.5. The van der Waals surface area contributed by atoms with Crippen LogP contribution in [0.15, 0.2) is 72.8 Å². The van der Waals surface area contributed by atoms with Gasteiger partial charge < -0.3 is 19.5 Å². The molecule has 0 saturated carbocycles.